The molecule has 1 N–H and O–H groups in total. The van der Waals surface area contributed by atoms with E-state index in [0.717, 1.165) is 5.69 Å². The van der Waals surface area contributed by atoms with Gasteiger partial charge in [-0.05, 0) is 7.05 Å². The first kappa shape index (κ1) is 11.4. The lowest BCUT2D eigenvalue weighted by Crippen LogP contribution is -2.40. The maximum absolute atomic E-state index is 11.2. The van der Waals surface area contributed by atoms with Gasteiger partial charge in [0.2, 0.25) is 0 Å². The monoisotopic (exact) mass is 245 g/mol. The van der Waals surface area contributed by atoms with Crippen LogP contribution in [0.2, 0.25) is 0 Å². The molecule has 2 heterocycles. The zero-order valence-electron chi connectivity index (χ0n) is 9.14. The Labute approximate surface area is 94.6 Å². The summed E-state index contributed by atoms with van der Waals surface area (Å²) >= 11 is 0. The molecule has 0 saturated carbocycles. The van der Waals surface area contributed by atoms with Gasteiger partial charge in [0.1, 0.15) is 6.26 Å². The molecule has 7 heteroatoms. The molecule has 1 aliphatic heterocycles. The van der Waals surface area contributed by atoms with Crippen LogP contribution in [0.4, 0.5) is 6.01 Å². The number of hydrogen-bond donors (Lipinski definition) is 1. The van der Waals surface area contributed by atoms with Crippen LogP contribution >= 0.6 is 0 Å². The van der Waals surface area contributed by atoms with Gasteiger partial charge in [-0.25, -0.2) is 8.42 Å². The number of nitrogens with one attached hydrogen (secondary N) is 1. The van der Waals surface area contributed by atoms with E-state index in [1.165, 1.54) is 0 Å². The summed E-state index contributed by atoms with van der Waals surface area (Å²) in [7, 11) is -1.02. The largest absolute Gasteiger partial charge is 0.432 e. The highest BCUT2D eigenvalue weighted by molar-refractivity contribution is 7.91. The Balaban J connectivity index is 2.02. The lowest BCUT2D eigenvalue weighted by atomic mass is 10.5. The van der Waals surface area contributed by atoms with Crippen molar-refractivity contribution in [1.29, 1.82) is 0 Å². The highest BCUT2D eigenvalue weighted by Crippen LogP contribution is 2.16. The van der Waals surface area contributed by atoms with Gasteiger partial charge in [0, 0.05) is 19.6 Å². The first-order valence-corrected chi connectivity index (χ1v) is 6.97. The zero-order valence-corrected chi connectivity index (χ0v) is 9.96. The van der Waals surface area contributed by atoms with Gasteiger partial charge < -0.3 is 14.6 Å². The van der Waals surface area contributed by atoms with Crippen LogP contribution in [0.25, 0.3) is 0 Å². The van der Waals surface area contributed by atoms with Crippen molar-refractivity contribution in [2.24, 2.45) is 0 Å². The smallest absolute Gasteiger partial charge is 0.297 e. The van der Waals surface area contributed by atoms with Gasteiger partial charge in [-0.15, -0.1) is 0 Å². The molecule has 0 amide bonds. The summed E-state index contributed by atoms with van der Waals surface area (Å²) in [5.74, 6) is 0.355. The molecule has 6 nitrogen and oxygen atoms in total. The van der Waals surface area contributed by atoms with Crippen LogP contribution in [0.15, 0.2) is 10.7 Å². The summed E-state index contributed by atoms with van der Waals surface area (Å²) in [6.07, 6.45) is 1.59. The maximum atomic E-state index is 11.2. The minimum Gasteiger partial charge on any atom is -0.432 e. The van der Waals surface area contributed by atoms with Gasteiger partial charge in [-0.2, -0.15) is 4.98 Å². The number of rotatable bonds is 3. The van der Waals surface area contributed by atoms with Crippen molar-refractivity contribution in [1.82, 2.24) is 10.3 Å². The molecule has 0 unspecified atom stereocenters. The number of aromatic nitrogens is 1. The Hall–Kier alpha value is -1.08. The molecule has 0 atom stereocenters. The molecule has 0 spiro atoms. The number of nitrogens with zero attached hydrogens (tertiary/aromatic N) is 2. The highest BCUT2D eigenvalue weighted by atomic mass is 32.2. The third-order valence-electron chi connectivity index (χ3n) is 2.51. The van der Waals surface area contributed by atoms with Gasteiger partial charge >= 0.3 is 0 Å². The van der Waals surface area contributed by atoms with Crippen molar-refractivity contribution < 1.29 is 12.8 Å². The molecule has 1 saturated heterocycles. The summed E-state index contributed by atoms with van der Waals surface area (Å²) in [4.78, 5) is 6.13. The Kier molecular flexibility index (Phi) is 3.15. The van der Waals surface area contributed by atoms with Crippen molar-refractivity contribution >= 4 is 15.9 Å². The predicted octanol–water partition coefficient (Wildman–Crippen LogP) is -0.371. The summed E-state index contributed by atoms with van der Waals surface area (Å²) in [6, 6.07) is 0.514. The van der Waals surface area contributed by atoms with Crippen molar-refractivity contribution in [3.05, 3.63) is 12.0 Å². The average molecular weight is 245 g/mol. The fourth-order valence-electron chi connectivity index (χ4n) is 1.61. The molecule has 16 heavy (non-hydrogen) atoms. The van der Waals surface area contributed by atoms with Gasteiger partial charge in [0.15, 0.2) is 9.84 Å². The van der Waals surface area contributed by atoms with E-state index in [9.17, 15) is 8.42 Å². The highest BCUT2D eigenvalue weighted by Gasteiger charge is 2.24. The molecule has 0 bridgehead atoms. The van der Waals surface area contributed by atoms with Crippen LogP contribution in [0, 0.1) is 0 Å². The summed E-state index contributed by atoms with van der Waals surface area (Å²) < 4.78 is 27.8. The number of oxazole rings is 1. The molecular weight excluding hydrogens is 230 g/mol. The third-order valence-corrected chi connectivity index (χ3v) is 4.12. The van der Waals surface area contributed by atoms with Crippen LogP contribution in [0.1, 0.15) is 5.69 Å². The summed E-state index contributed by atoms with van der Waals surface area (Å²) in [5.41, 5.74) is 0.825. The van der Waals surface area contributed by atoms with E-state index < -0.39 is 9.84 Å². The van der Waals surface area contributed by atoms with Gasteiger partial charge in [0.05, 0.1) is 17.2 Å². The van der Waals surface area contributed by atoms with Crippen molar-refractivity contribution in [3.8, 4) is 0 Å². The second kappa shape index (κ2) is 4.42. The van der Waals surface area contributed by atoms with Gasteiger partial charge in [-0.3, -0.25) is 0 Å². The van der Waals surface area contributed by atoms with Crippen LogP contribution < -0.4 is 10.2 Å². The topological polar surface area (TPSA) is 75.4 Å². The van der Waals surface area contributed by atoms with E-state index in [1.807, 2.05) is 11.9 Å². The Morgan fingerprint density at radius 2 is 2.19 bits per heavy atom. The first-order chi connectivity index (χ1) is 7.61. The minimum atomic E-state index is -2.85. The Morgan fingerprint density at radius 3 is 2.81 bits per heavy atom. The second-order valence-electron chi connectivity index (χ2n) is 3.79. The first-order valence-electron chi connectivity index (χ1n) is 5.15. The molecule has 90 valence electrons. The minimum absolute atomic E-state index is 0.177. The number of hydrogen-bond acceptors (Lipinski definition) is 6. The van der Waals surface area contributed by atoms with E-state index in [4.69, 9.17) is 4.42 Å². The molecule has 1 aromatic heterocycles. The maximum Gasteiger partial charge on any atom is 0.297 e. The van der Waals surface area contributed by atoms with Crippen molar-refractivity contribution in [2.45, 2.75) is 6.54 Å². The lowest BCUT2D eigenvalue weighted by molar-refractivity contribution is 0.530. The SMILES string of the molecule is CNCc1coc(N2CCS(=O)(=O)CC2)n1. The molecule has 1 fully saturated rings. The molecular formula is C9H15N3O3S. The molecule has 2 rings (SSSR count). The second-order valence-corrected chi connectivity index (χ2v) is 6.09. The molecule has 1 aromatic rings. The summed E-state index contributed by atoms with van der Waals surface area (Å²) in [5, 5.41) is 2.98. The predicted molar refractivity (Wildman–Crippen MR) is 60.1 cm³/mol. The normalized spacial score (nSPS) is 19.9. The molecule has 0 aromatic carbocycles. The fraction of sp³-hybridized carbons (Fsp3) is 0.667. The van der Waals surface area contributed by atoms with E-state index >= 15 is 0 Å². The van der Waals surface area contributed by atoms with Crippen LogP contribution in [-0.4, -0.2) is 45.0 Å². The van der Waals surface area contributed by atoms with Crippen molar-refractivity contribution in [3.63, 3.8) is 0 Å². The standard InChI is InChI=1S/C9H15N3O3S/c1-10-6-8-7-15-9(11-8)12-2-4-16(13,14)5-3-12/h7,10H,2-6H2,1H3. The van der Waals surface area contributed by atoms with E-state index in [2.05, 4.69) is 10.3 Å². The van der Waals surface area contributed by atoms with Gasteiger partial charge in [-0.1, -0.05) is 0 Å². The fourth-order valence-corrected chi connectivity index (χ4v) is 2.81. The summed E-state index contributed by atoms with van der Waals surface area (Å²) in [6.45, 7) is 1.57. The van der Waals surface area contributed by atoms with E-state index in [-0.39, 0.29) is 11.5 Å². The van der Waals surface area contributed by atoms with Crippen molar-refractivity contribution in [2.75, 3.05) is 36.5 Å². The molecule has 1 aliphatic rings. The van der Waals surface area contributed by atoms with Crippen LogP contribution in [-0.2, 0) is 16.4 Å². The number of sulfone groups is 1. The lowest BCUT2D eigenvalue weighted by Gasteiger charge is -2.24. The molecule has 0 aliphatic carbocycles. The number of anilines is 1. The van der Waals surface area contributed by atoms with Gasteiger partial charge in [0.25, 0.3) is 6.01 Å². The van der Waals surface area contributed by atoms with E-state index in [1.54, 1.807) is 6.26 Å². The van der Waals surface area contributed by atoms with E-state index in [0.29, 0.717) is 25.6 Å². The average Bonchev–Trinajstić information content (AvgIpc) is 2.67. The van der Waals surface area contributed by atoms with Crippen LogP contribution in [0.5, 0.6) is 0 Å². The Bertz CT molecular complexity index is 440. The zero-order chi connectivity index (χ0) is 11.6. The molecule has 0 radical (unpaired) electrons. The Morgan fingerprint density at radius 1 is 1.50 bits per heavy atom. The third kappa shape index (κ3) is 2.53. The quantitative estimate of drug-likeness (QED) is 0.783. The van der Waals surface area contributed by atoms with Crippen LogP contribution in [0.3, 0.4) is 0 Å².